The number of aryl methyl sites for hydroxylation is 1. The first-order chi connectivity index (χ1) is 12.0. The lowest BCUT2D eigenvalue weighted by molar-refractivity contribution is -0.115. The van der Waals surface area contributed by atoms with Gasteiger partial charge in [-0.1, -0.05) is 29.8 Å². The summed E-state index contributed by atoms with van der Waals surface area (Å²) in [4.78, 5) is 25.9. The van der Waals surface area contributed by atoms with E-state index in [-0.39, 0.29) is 23.1 Å². The Labute approximate surface area is 152 Å². The summed E-state index contributed by atoms with van der Waals surface area (Å²) >= 11 is 1.50. The maximum absolute atomic E-state index is 12.5. The largest absolute Gasteiger partial charge is 0.349 e. The van der Waals surface area contributed by atoms with Crippen molar-refractivity contribution in [1.82, 2.24) is 5.32 Å². The van der Waals surface area contributed by atoms with Crippen LogP contribution in [-0.4, -0.2) is 23.1 Å². The normalized spacial score (nSPS) is 14.6. The van der Waals surface area contributed by atoms with Crippen molar-refractivity contribution in [3.63, 3.8) is 0 Å². The molecule has 2 aromatic rings. The third-order valence-electron chi connectivity index (χ3n) is 4.05. The molecule has 1 fully saturated rings. The summed E-state index contributed by atoms with van der Waals surface area (Å²) in [7, 11) is 0. The lowest BCUT2D eigenvalue weighted by Gasteiger charge is -2.15. The highest BCUT2D eigenvalue weighted by molar-refractivity contribution is 8.00. The topological polar surface area (TPSA) is 58.2 Å². The molecule has 0 aromatic heterocycles. The summed E-state index contributed by atoms with van der Waals surface area (Å²) in [5.41, 5.74) is 2.26. The van der Waals surface area contributed by atoms with E-state index in [9.17, 15) is 9.59 Å². The highest BCUT2D eigenvalue weighted by Crippen LogP contribution is 2.26. The number of anilines is 1. The first-order valence-corrected chi connectivity index (χ1v) is 9.35. The van der Waals surface area contributed by atoms with Crippen molar-refractivity contribution in [2.45, 2.75) is 42.9 Å². The van der Waals surface area contributed by atoms with Crippen molar-refractivity contribution >= 4 is 29.3 Å². The summed E-state index contributed by atoms with van der Waals surface area (Å²) in [6.07, 6.45) is 2.06. The smallest absolute Gasteiger partial charge is 0.253 e. The highest BCUT2D eigenvalue weighted by atomic mass is 32.2. The molecule has 2 N–H and O–H groups in total. The van der Waals surface area contributed by atoms with Crippen LogP contribution in [0.4, 0.5) is 5.69 Å². The number of benzene rings is 2. The maximum atomic E-state index is 12.5. The van der Waals surface area contributed by atoms with Gasteiger partial charge in [-0.2, -0.15) is 0 Å². The standard InChI is InChI=1S/C20H22N2O2S/c1-13-7-11-16(12-8-13)25-14(2)19(23)22-18-6-4-3-5-17(18)20(24)21-15-9-10-15/h3-8,11-12,14-15H,9-10H2,1-2H3,(H,21,24)(H,22,23)/t14-/m0/s1. The Morgan fingerprint density at radius 1 is 1.08 bits per heavy atom. The number of nitrogens with one attached hydrogen (secondary N) is 2. The molecule has 1 atom stereocenters. The van der Waals surface area contributed by atoms with Crippen LogP contribution in [0.5, 0.6) is 0 Å². The predicted molar refractivity (Wildman–Crippen MR) is 102 cm³/mol. The minimum absolute atomic E-state index is 0.114. The molecule has 130 valence electrons. The molecule has 25 heavy (non-hydrogen) atoms. The van der Waals surface area contributed by atoms with Gasteiger partial charge in [-0.3, -0.25) is 9.59 Å². The van der Waals surface area contributed by atoms with Crippen LogP contribution in [0.15, 0.2) is 53.4 Å². The fourth-order valence-electron chi connectivity index (χ4n) is 2.39. The van der Waals surface area contributed by atoms with Crippen molar-refractivity contribution in [2.24, 2.45) is 0 Å². The Morgan fingerprint density at radius 2 is 1.76 bits per heavy atom. The van der Waals surface area contributed by atoms with Gasteiger partial charge in [-0.15, -0.1) is 11.8 Å². The van der Waals surface area contributed by atoms with E-state index in [1.54, 1.807) is 12.1 Å². The van der Waals surface area contributed by atoms with Crippen LogP contribution >= 0.6 is 11.8 Å². The number of carbonyl (C=O) groups is 2. The number of hydrogen-bond donors (Lipinski definition) is 2. The molecule has 4 nitrogen and oxygen atoms in total. The van der Waals surface area contributed by atoms with Crippen LogP contribution in [0.1, 0.15) is 35.7 Å². The molecule has 5 heteroatoms. The zero-order chi connectivity index (χ0) is 17.8. The Hall–Kier alpha value is -2.27. The monoisotopic (exact) mass is 354 g/mol. The minimum Gasteiger partial charge on any atom is -0.349 e. The van der Waals surface area contributed by atoms with Gasteiger partial charge >= 0.3 is 0 Å². The zero-order valence-electron chi connectivity index (χ0n) is 14.4. The Morgan fingerprint density at radius 3 is 2.44 bits per heavy atom. The second kappa shape index (κ2) is 7.74. The third-order valence-corrected chi connectivity index (χ3v) is 5.16. The van der Waals surface area contributed by atoms with Gasteiger partial charge in [0.05, 0.1) is 16.5 Å². The lowest BCUT2D eigenvalue weighted by Crippen LogP contribution is -2.28. The maximum Gasteiger partial charge on any atom is 0.253 e. The number of thioether (sulfide) groups is 1. The molecule has 0 saturated heterocycles. The number of amides is 2. The van der Waals surface area contributed by atoms with Gasteiger partial charge in [0.2, 0.25) is 5.91 Å². The summed E-state index contributed by atoms with van der Waals surface area (Å²) < 4.78 is 0. The third kappa shape index (κ3) is 4.86. The van der Waals surface area contributed by atoms with E-state index in [4.69, 9.17) is 0 Å². The van der Waals surface area contributed by atoms with Crippen molar-refractivity contribution in [2.75, 3.05) is 5.32 Å². The van der Waals surface area contributed by atoms with Gasteiger partial charge in [-0.25, -0.2) is 0 Å². The average molecular weight is 354 g/mol. The van der Waals surface area contributed by atoms with Crippen LogP contribution in [0, 0.1) is 6.92 Å². The summed E-state index contributed by atoms with van der Waals surface area (Å²) in [5.74, 6) is -0.241. The van der Waals surface area contributed by atoms with E-state index in [1.165, 1.54) is 17.3 Å². The molecule has 3 rings (SSSR count). The minimum atomic E-state index is -0.262. The zero-order valence-corrected chi connectivity index (χ0v) is 15.2. The van der Waals surface area contributed by atoms with E-state index < -0.39 is 0 Å². The van der Waals surface area contributed by atoms with Crippen molar-refractivity contribution in [1.29, 1.82) is 0 Å². The Balaban J connectivity index is 1.65. The van der Waals surface area contributed by atoms with E-state index in [0.717, 1.165) is 17.7 Å². The Kier molecular flexibility index (Phi) is 5.43. The van der Waals surface area contributed by atoms with Crippen molar-refractivity contribution in [3.8, 4) is 0 Å². The molecule has 1 saturated carbocycles. The quantitative estimate of drug-likeness (QED) is 0.771. The molecular formula is C20H22N2O2S. The average Bonchev–Trinajstić information content (AvgIpc) is 3.41. The number of rotatable bonds is 6. The molecule has 0 heterocycles. The molecule has 1 aliphatic rings. The fourth-order valence-corrected chi connectivity index (χ4v) is 3.26. The number of carbonyl (C=O) groups excluding carboxylic acids is 2. The summed E-state index contributed by atoms with van der Waals surface area (Å²) in [6.45, 7) is 3.90. The van der Waals surface area contributed by atoms with E-state index in [2.05, 4.69) is 10.6 Å². The van der Waals surface area contributed by atoms with Gasteiger partial charge in [-0.05, 0) is 51.0 Å². The molecule has 2 amide bonds. The van der Waals surface area contributed by atoms with Gasteiger partial charge < -0.3 is 10.6 Å². The molecule has 2 aromatic carbocycles. The Bertz CT molecular complexity index is 770. The number of para-hydroxylation sites is 1. The SMILES string of the molecule is Cc1ccc(S[C@@H](C)C(=O)Nc2ccccc2C(=O)NC2CC2)cc1. The first kappa shape index (κ1) is 17.5. The van der Waals surface area contributed by atoms with Crippen LogP contribution in [0.2, 0.25) is 0 Å². The van der Waals surface area contributed by atoms with E-state index in [0.29, 0.717) is 11.3 Å². The second-order valence-corrected chi connectivity index (χ2v) is 7.77. The molecule has 0 bridgehead atoms. The van der Waals surface area contributed by atoms with E-state index in [1.807, 2.05) is 50.2 Å². The van der Waals surface area contributed by atoms with Crippen molar-refractivity contribution < 1.29 is 9.59 Å². The van der Waals surface area contributed by atoms with E-state index >= 15 is 0 Å². The van der Waals surface area contributed by atoms with Crippen LogP contribution in [0.3, 0.4) is 0 Å². The van der Waals surface area contributed by atoms with Crippen molar-refractivity contribution in [3.05, 3.63) is 59.7 Å². The molecule has 0 radical (unpaired) electrons. The summed E-state index contributed by atoms with van der Waals surface area (Å²) in [5, 5.41) is 5.60. The molecule has 0 spiro atoms. The van der Waals surface area contributed by atoms with Gasteiger partial charge in [0.1, 0.15) is 0 Å². The van der Waals surface area contributed by atoms with Crippen LogP contribution in [-0.2, 0) is 4.79 Å². The van der Waals surface area contributed by atoms with Gasteiger partial charge in [0.15, 0.2) is 0 Å². The molecule has 0 aliphatic heterocycles. The molecule has 0 unspecified atom stereocenters. The van der Waals surface area contributed by atoms with Gasteiger partial charge in [0.25, 0.3) is 5.91 Å². The molecule has 1 aliphatic carbocycles. The second-order valence-electron chi connectivity index (χ2n) is 6.36. The lowest BCUT2D eigenvalue weighted by atomic mass is 10.1. The predicted octanol–water partition coefficient (Wildman–Crippen LogP) is 4.01. The highest BCUT2D eigenvalue weighted by Gasteiger charge is 2.25. The fraction of sp³-hybridized carbons (Fsp3) is 0.300. The summed E-state index contributed by atoms with van der Waals surface area (Å²) in [6, 6.07) is 15.5. The molecular weight excluding hydrogens is 332 g/mol. The number of hydrogen-bond acceptors (Lipinski definition) is 3. The van der Waals surface area contributed by atoms with Crippen LogP contribution < -0.4 is 10.6 Å². The van der Waals surface area contributed by atoms with Crippen LogP contribution in [0.25, 0.3) is 0 Å². The first-order valence-electron chi connectivity index (χ1n) is 8.47. The van der Waals surface area contributed by atoms with Gasteiger partial charge in [0, 0.05) is 10.9 Å².